The van der Waals surface area contributed by atoms with Crippen molar-refractivity contribution in [2.75, 3.05) is 6.54 Å². The van der Waals surface area contributed by atoms with Crippen LogP contribution in [0.5, 0.6) is 0 Å². The molecule has 1 aliphatic heterocycles. The van der Waals surface area contributed by atoms with Crippen molar-refractivity contribution in [3.05, 3.63) is 75.8 Å². The highest BCUT2D eigenvalue weighted by Gasteiger charge is 2.37. The normalized spacial score (nSPS) is 17.2. The second-order valence-corrected chi connectivity index (χ2v) is 7.77. The highest BCUT2D eigenvalue weighted by Crippen LogP contribution is 2.44. The van der Waals surface area contributed by atoms with Gasteiger partial charge in [0.15, 0.2) is 5.76 Å². The van der Waals surface area contributed by atoms with E-state index in [1.165, 1.54) is 30.3 Å². The highest BCUT2D eigenvalue weighted by atomic mass is 35.5. The lowest BCUT2D eigenvalue weighted by atomic mass is 9.88. The van der Waals surface area contributed by atoms with Crippen LogP contribution in [0.15, 0.2) is 64.1 Å². The molecule has 31 heavy (non-hydrogen) atoms. The van der Waals surface area contributed by atoms with E-state index in [9.17, 15) is 18.3 Å². The Morgan fingerprint density at radius 2 is 1.87 bits per heavy atom. The molecule has 0 saturated heterocycles. The number of aliphatic imine (C=N–C) groups is 1. The monoisotopic (exact) mass is 466 g/mol. The molecule has 2 atom stereocenters. The molecule has 4 nitrogen and oxygen atoms in total. The molecule has 1 aromatic heterocycles. The van der Waals surface area contributed by atoms with Gasteiger partial charge in [0.25, 0.3) is 0 Å². The van der Waals surface area contributed by atoms with Crippen LogP contribution in [-0.4, -0.2) is 23.0 Å². The van der Waals surface area contributed by atoms with Gasteiger partial charge >= 0.3 is 6.18 Å². The van der Waals surface area contributed by atoms with Crippen LogP contribution in [0.3, 0.4) is 0 Å². The minimum Gasteiger partial charge on any atom is -0.387 e. The second kappa shape index (κ2) is 8.49. The van der Waals surface area contributed by atoms with E-state index in [4.69, 9.17) is 27.7 Å². The first-order valence-corrected chi connectivity index (χ1v) is 9.99. The van der Waals surface area contributed by atoms with E-state index < -0.39 is 23.8 Å². The van der Waals surface area contributed by atoms with Crippen molar-refractivity contribution in [2.24, 2.45) is 10.9 Å². The van der Waals surface area contributed by atoms with Crippen LogP contribution in [-0.2, 0) is 6.18 Å². The third-order valence-corrected chi connectivity index (χ3v) is 5.70. The van der Waals surface area contributed by atoms with Crippen molar-refractivity contribution in [1.29, 1.82) is 0 Å². The predicted molar refractivity (Wildman–Crippen MR) is 113 cm³/mol. The Labute approximate surface area is 185 Å². The van der Waals surface area contributed by atoms with Gasteiger partial charge in [0.1, 0.15) is 5.69 Å². The van der Waals surface area contributed by atoms with Crippen LogP contribution in [0.2, 0.25) is 10.0 Å². The van der Waals surface area contributed by atoms with Gasteiger partial charge in [0.2, 0.25) is 0 Å². The van der Waals surface area contributed by atoms with Gasteiger partial charge in [-0.1, -0.05) is 58.7 Å². The Morgan fingerprint density at radius 3 is 2.55 bits per heavy atom. The summed E-state index contributed by atoms with van der Waals surface area (Å²) < 4.78 is 46.4. The molecular formula is C22H15Cl2F3N2O2. The van der Waals surface area contributed by atoms with Crippen molar-refractivity contribution in [3.63, 3.8) is 0 Å². The van der Waals surface area contributed by atoms with Crippen LogP contribution in [0, 0.1) is 5.92 Å². The zero-order chi connectivity index (χ0) is 22.2. The number of aromatic nitrogens is 1. The lowest BCUT2D eigenvalue weighted by Crippen LogP contribution is -2.17. The molecule has 1 N–H and O–H groups in total. The summed E-state index contributed by atoms with van der Waals surface area (Å²) in [5.41, 5.74) is -0.349. The van der Waals surface area contributed by atoms with E-state index in [0.29, 0.717) is 10.6 Å². The number of hydrogen-bond acceptors (Lipinski definition) is 4. The first-order valence-electron chi connectivity index (χ1n) is 9.23. The van der Waals surface area contributed by atoms with Crippen LogP contribution in [0.25, 0.3) is 22.6 Å². The maximum absolute atomic E-state index is 13.7. The fraction of sp³-hybridized carbons (Fsp3) is 0.182. The number of aliphatic hydroxyl groups is 1. The number of aliphatic hydroxyl groups excluding tert-OH is 1. The zero-order valence-electron chi connectivity index (χ0n) is 15.8. The smallest absolute Gasteiger partial charge is 0.387 e. The van der Waals surface area contributed by atoms with Crippen molar-refractivity contribution < 1.29 is 22.8 Å². The van der Waals surface area contributed by atoms with E-state index in [2.05, 4.69) is 10.1 Å². The molecule has 3 aromatic rings. The SMILES string of the molecule is OC(c1c(-c2ccc(Cl)c(Cl)c2)noc1-c1ccccc1C(F)(F)F)C1C=CC=NC1. The standard InChI is InChI=1S/C22H15Cl2F3N2O2/c23-16-8-7-12(10-17(16)24)19-18(20(30)13-4-3-9-28-11-13)21(31-29-19)14-5-1-2-6-15(14)22(25,26)27/h1-10,13,20,30H,11H2. The summed E-state index contributed by atoms with van der Waals surface area (Å²) >= 11 is 12.1. The van der Waals surface area contributed by atoms with Gasteiger partial charge in [-0.05, 0) is 24.3 Å². The number of dihydropyridines is 1. The summed E-state index contributed by atoms with van der Waals surface area (Å²) in [7, 11) is 0. The van der Waals surface area contributed by atoms with Gasteiger partial charge in [0.05, 0.1) is 27.3 Å². The number of hydrogen-bond donors (Lipinski definition) is 1. The van der Waals surface area contributed by atoms with Crippen molar-refractivity contribution in [1.82, 2.24) is 5.16 Å². The molecule has 0 radical (unpaired) electrons. The molecule has 1 aliphatic rings. The molecule has 2 aromatic carbocycles. The minimum atomic E-state index is -4.62. The van der Waals surface area contributed by atoms with Crippen molar-refractivity contribution in [3.8, 4) is 22.6 Å². The maximum atomic E-state index is 13.7. The third kappa shape index (κ3) is 4.26. The molecule has 4 rings (SSSR count). The summed E-state index contributed by atoms with van der Waals surface area (Å²) in [4.78, 5) is 4.14. The van der Waals surface area contributed by atoms with E-state index in [0.717, 1.165) is 6.07 Å². The Kier molecular flexibility index (Phi) is 5.92. The van der Waals surface area contributed by atoms with E-state index >= 15 is 0 Å². The van der Waals surface area contributed by atoms with Crippen LogP contribution < -0.4 is 0 Å². The molecule has 0 spiro atoms. The topological polar surface area (TPSA) is 58.6 Å². The fourth-order valence-corrected chi connectivity index (χ4v) is 3.76. The number of allylic oxidation sites excluding steroid dienone is 1. The molecule has 2 unspecified atom stereocenters. The number of nitrogens with zero attached hydrogens (tertiary/aromatic N) is 2. The molecule has 0 fully saturated rings. The lowest BCUT2D eigenvalue weighted by Gasteiger charge is -2.21. The highest BCUT2D eigenvalue weighted by molar-refractivity contribution is 6.42. The van der Waals surface area contributed by atoms with Gasteiger partial charge in [0, 0.05) is 29.8 Å². The Morgan fingerprint density at radius 1 is 1.10 bits per heavy atom. The van der Waals surface area contributed by atoms with Crippen LogP contribution in [0.1, 0.15) is 17.2 Å². The predicted octanol–water partition coefficient (Wildman–Crippen LogP) is 6.62. The summed E-state index contributed by atoms with van der Waals surface area (Å²) in [5.74, 6) is -0.632. The molecule has 0 saturated carbocycles. The summed E-state index contributed by atoms with van der Waals surface area (Å²) in [6, 6.07) is 9.66. The molecule has 0 aliphatic carbocycles. The Bertz CT molecular complexity index is 1170. The molecule has 160 valence electrons. The third-order valence-electron chi connectivity index (χ3n) is 4.97. The van der Waals surface area contributed by atoms with Crippen LogP contribution >= 0.6 is 23.2 Å². The van der Waals surface area contributed by atoms with E-state index in [-0.39, 0.29) is 34.1 Å². The average molecular weight is 467 g/mol. The zero-order valence-corrected chi connectivity index (χ0v) is 17.3. The molecule has 9 heteroatoms. The van der Waals surface area contributed by atoms with Gasteiger partial charge in [-0.3, -0.25) is 4.99 Å². The van der Waals surface area contributed by atoms with Gasteiger partial charge in [-0.25, -0.2) is 0 Å². The van der Waals surface area contributed by atoms with Crippen LogP contribution in [0.4, 0.5) is 13.2 Å². The van der Waals surface area contributed by atoms with Crippen molar-refractivity contribution in [2.45, 2.75) is 12.3 Å². The quantitative estimate of drug-likeness (QED) is 0.469. The molecule has 0 bridgehead atoms. The first-order chi connectivity index (χ1) is 14.8. The molecule has 0 amide bonds. The maximum Gasteiger partial charge on any atom is 0.417 e. The lowest BCUT2D eigenvalue weighted by molar-refractivity contribution is -0.137. The van der Waals surface area contributed by atoms with E-state index in [1.54, 1.807) is 24.4 Å². The number of rotatable bonds is 4. The average Bonchev–Trinajstić information content (AvgIpc) is 3.20. The van der Waals surface area contributed by atoms with Gasteiger partial charge in [-0.2, -0.15) is 13.2 Å². The first kappa shape index (κ1) is 21.6. The molecule has 2 heterocycles. The fourth-order valence-electron chi connectivity index (χ4n) is 3.46. The van der Waals surface area contributed by atoms with E-state index in [1.807, 2.05) is 0 Å². The second-order valence-electron chi connectivity index (χ2n) is 6.95. The summed E-state index contributed by atoms with van der Waals surface area (Å²) in [6.07, 6.45) is -0.836. The number of benzene rings is 2. The largest absolute Gasteiger partial charge is 0.417 e. The van der Waals surface area contributed by atoms with Gasteiger partial charge < -0.3 is 9.63 Å². The molecular weight excluding hydrogens is 452 g/mol. The number of halogens is 5. The van der Waals surface area contributed by atoms with Crippen molar-refractivity contribution >= 4 is 29.4 Å². The Hall–Kier alpha value is -2.61. The minimum absolute atomic E-state index is 0.127. The summed E-state index contributed by atoms with van der Waals surface area (Å²) in [5, 5.41) is 15.7. The number of alkyl halides is 3. The van der Waals surface area contributed by atoms with Gasteiger partial charge in [-0.15, -0.1) is 0 Å². The summed E-state index contributed by atoms with van der Waals surface area (Å²) in [6.45, 7) is 0.268. The Balaban J connectivity index is 1.93.